The molecule has 0 aliphatic carbocycles. The molecule has 164 valence electrons. The van der Waals surface area contributed by atoms with Crippen molar-refractivity contribution in [1.29, 1.82) is 0 Å². The Bertz CT molecular complexity index is 1340. The predicted octanol–water partition coefficient (Wildman–Crippen LogP) is 5.66. The topological polar surface area (TPSA) is 110 Å². The van der Waals surface area contributed by atoms with Crippen molar-refractivity contribution in [2.45, 2.75) is 13.8 Å². The molecule has 0 aliphatic heterocycles. The van der Waals surface area contributed by atoms with Gasteiger partial charge >= 0.3 is 0 Å². The molecule has 2 N–H and O–H groups in total. The third-order valence-corrected chi connectivity index (χ3v) is 5.05. The van der Waals surface area contributed by atoms with Crippen molar-refractivity contribution in [1.82, 2.24) is 9.97 Å². The molecule has 4 aromatic rings. The van der Waals surface area contributed by atoms with Crippen LogP contribution in [0.15, 0.2) is 78.9 Å². The van der Waals surface area contributed by atoms with Crippen LogP contribution in [0.1, 0.15) is 21.7 Å². The zero-order chi connectivity index (χ0) is 23.4. The molecule has 0 aliphatic rings. The molecule has 0 bridgehead atoms. The summed E-state index contributed by atoms with van der Waals surface area (Å²) in [7, 11) is 0. The van der Waals surface area contributed by atoms with E-state index >= 15 is 0 Å². The molecule has 0 saturated heterocycles. The Hall–Kier alpha value is -4.59. The smallest absolute Gasteiger partial charge is 0.273 e. The fourth-order valence-electron chi connectivity index (χ4n) is 3.48. The summed E-state index contributed by atoms with van der Waals surface area (Å²) in [6.07, 6.45) is 0. The lowest BCUT2D eigenvalue weighted by Crippen LogP contribution is -2.14. The molecule has 0 atom stereocenters. The monoisotopic (exact) mass is 439 g/mol. The summed E-state index contributed by atoms with van der Waals surface area (Å²) in [6, 6.07) is 23.3. The first kappa shape index (κ1) is 21.6. The predicted molar refractivity (Wildman–Crippen MR) is 128 cm³/mol. The Balaban J connectivity index is 1.55. The van der Waals surface area contributed by atoms with Crippen LogP contribution < -0.4 is 10.6 Å². The third-order valence-electron chi connectivity index (χ3n) is 5.05. The average molecular weight is 439 g/mol. The summed E-state index contributed by atoms with van der Waals surface area (Å²) in [5, 5.41) is 17.2. The van der Waals surface area contributed by atoms with Crippen LogP contribution in [0.3, 0.4) is 0 Å². The van der Waals surface area contributed by atoms with Gasteiger partial charge in [-0.15, -0.1) is 0 Å². The highest BCUT2D eigenvalue weighted by molar-refractivity contribution is 6.06. The van der Waals surface area contributed by atoms with Gasteiger partial charge in [0.1, 0.15) is 11.6 Å². The number of aryl methyl sites for hydroxylation is 1. The van der Waals surface area contributed by atoms with Crippen molar-refractivity contribution in [2.24, 2.45) is 0 Å². The quantitative estimate of drug-likeness (QED) is 0.296. The lowest BCUT2D eigenvalue weighted by Gasteiger charge is -2.11. The molecule has 8 heteroatoms. The lowest BCUT2D eigenvalue weighted by atomic mass is 10.1. The number of nitro groups is 1. The SMILES string of the molecule is Cc1nc(Nc2cccc(NC(=O)c3cccc([N+](=O)[O-])c3C)c2)cc(-c2ccccc2)n1. The van der Waals surface area contributed by atoms with Gasteiger partial charge in [0.2, 0.25) is 0 Å². The number of hydrogen-bond donors (Lipinski definition) is 2. The highest BCUT2D eigenvalue weighted by Gasteiger charge is 2.18. The van der Waals surface area contributed by atoms with Gasteiger partial charge in [0.05, 0.1) is 10.6 Å². The second kappa shape index (κ2) is 9.27. The summed E-state index contributed by atoms with van der Waals surface area (Å²) in [5.74, 6) is 0.835. The number of carbonyl (C=O) groups is 1. The first-order valence-corrected chi connectivity index (χ1v) is 10.2. The van der Waals surface area contributed by atoms with Crippen LogP contribution in [0.5, 0.6) is 0 Å². The Morgan fingerprint density at radius 1 is 0.879 bits per heavy atom. The molecular formula is C25H21N5O3. The van der Waals surface area contributed by atoms with Crippen LogP contribution >= 0.6 is 0 Å². The molecule has 3 aromatic carbocycles. The second-order valence-corrected chi connectivity index (χ2v) is 7.42. The van der Waals surface area contributed by atoms with E-state index in [4.69, 9.17) is 0 Å². The molecule has 1 heterocycles. The molecular weight excluding hydrogens is 418 g/mol. The Kier molecular flexibility index (Phi) is 6.08. The number of amides is 1. The van der Waals surface area contributed by atoms with E-state index in [1.54, 1.807) is 31.2 Å². The molecule has 8 nitrogen and oxygen atoms in total. The van der Waals surface area contributed by atoms with Crippen molar-refractivity contribution in [3.05, 3.63) is 106 Å². The van der Waals surface area contributed by atoms with Crippen LogP contribution in [0, 0.1) is 24.0 Å². The van der Waals surface area contributed by atoms with Crippen LogP contribution in [0.2, 0.25) is 0 Å². The molecule has 1 amide bonds. The van der Waals surface area contributed by atoms with Crippen molar-refractivity contribution in [3.63, 3.8) is 0 Å². The van der Waals surface area contributed by atoms with Crippen molar-refractivity contribution in [3.8, 4) is 11.3 Å². The van der Waals surface area contributed by atoms with Crippen molar-refractivity contribution >= 4 is 28.8 Å². The minimum atomic E-state index is -0.496. The standard InChI is InChI=1S/C25H21N5O3/c1-16-21(12-7-13-23(16)30(32)33)25(31)29-20-11-6-10-19(14-20)28-24-15-22(26-17(2)27-24)18-8-4-3-5-9-18/h3-15H,1-2H3,(H,29,31)(H,26,27,28). The Morgan fingerprint density at radius 3 is 2.36 bits per heavy atom. The maximum atomic E-state index is 12.8. The number of aromatic nitrogens is 2. The highest BCUT2D eigenvalue weighted by Crippen LogP contribution is 2.25. The van der Waals surface area contributed by atoms with Gasteiger partial charge < -0.3 is 10.6 Å². The minimum absolute atomic E-state index is 0.0913. The van der Waals surface area contributed by atoms with E-state index < -0.39 is 10.8 Å². The second-order valence-electron chi connectivity index (χ2n) is 7.42. The molecule has 33 heavy (non-hydrogen) atoms. The van der Waals surface area contributed by atoms with E-state index in [-0.39, 0.29) is 11.3 Å². The van der Waals surface area contributed by atoms with Crippen molar-refractivity contribution < 1.29 is 9.72 Å². The zero-order valence-corrected chi connectivity index (χ0v) is 18.1. The molecule has 0 radical (unpaired) electrons. The van der Waals surface area contributed by atoms with Crippen LogP contribution in [-0.2, 0) is 0 Å². The van der Waals surface area contributed by atoms with E-state index in [1.807, 2.05) is 49.4 Å². The number of benzene rings is 3. The van der Waals surface area contributed by atoms with E-state index in [2.05, 4.69) is 20.6 Å². The van der Waals surface area contributed by atoms with Gasteiger partial charge in [0.25, 0.3) is 11.6 Å². The number of anilines is 3. The normalized spacial score (nSPS) is 10.5. The van der Waals surface area contributed by atoms with Crippen LogP contribution in [-0.4, -0.2) is 20.8 Å². The van der Waals surface area contributed by atoms with E-state index in [1.165, 1.54) is 12.1 Å². The number of nitrogens with zero attached hydrogens (tertiary/aromatic N) is 3. The number of rotatable bonds is 6. The average Bonchev–Trinajstić information content (AvgIpc) is 2.79. The zero-order valence-electron chi connectivity index (χ0n) is 18.1. The minimum Gasteiger partial charge on any atom is -0.340 e. The fraction of sp³-hybridized carbons (Fsp3) is 0.0800. The number of carbonyl (C=O) groups excluding carboxylic acids is 1. The van der Waals surface area contributed by atoms with Gasteiger partial charge in [-0.05, 0) is 38.1 Å². The lowest BCUT2D eigenvalue weighted by molar-refractivity contribution is -0.385. The van der Waals surface area contributed by atoms with Gasteiger partial charge in [-0.25, -0.2) is 9.97 Å². The number of nitro benzene ring substituents is 1. The van der Waals surface area contributed by atoms with Crippen LogP contribution in [0.25, 0.3) is 11.3 Å². The summed E-state index contributed by atoms with van der Waals surface area (Å²) in [5.41, 5.74) is 3.54. The first-order valence-electron chi connectivity index (χ1n) is 10.2. The molecule has 1 aromatic heterocycles. The summed E-state index contributed by atoms with van der Waals surface area (Å²) in [4.78, 5) is 32.4. The molecule has 0 fully saturated rings. The first-order chi connectivity index (χ1) is 15.9. The van der Waals surface area contributed by atoms with Gasteiger partial charge in [0.15, 0.2) is 0 Å². The van der Waals surface area contributed by atoms with E-state index in [0.29, 0.717) is 22.9 Å². The molecule has 4 rings (SSSR count). The maximum Gasteiger partial charge on any atom is 0.273 e. The fourth-order valence-corrected chi connectivity index (χ4v) is 3.48. The summed E-state index contributed by atoms with van der Waals surface area (Å²) in [6.45, 7) is 3.39. The maximum absolute atomic E-state index is 12.8. The van der Waals surface area contributed by atoms with Crippen molar-refractivity contribution in [2.75, 3.05) is 10.6 Å². The summed E-state index contributed by atoms with van der Waals surface area (Å²) < 4.78 is 0. The number of hydrogen-bond acceptors (Lipinski definition) is 6. The van der Waals surface area contributed by atoms with E-state index in [9.17, 15) is 14.9 Å². The Morgan fingerprint density at radius 2 is 1.61 bits per heavy atom. The molecule has 0 saturated carbocycles. The van der Waals surface area contributed by atoms with Gasteiger partial charge in [-0.2, -0.15) is 0 Å². The van der Waals surface area contributed by atoms with Gasteiger partial charge in [0, 0.05) is 40.2 Å². The molecule has 0 spiro atoms. The number of nitrogens with one attached hydrogen (secondary N) is 2. The summed E-state index contributed by atoms with van der Waals surface area (Å²) >= 11 is 0. The Labute approximate surface area is 190 Å². The van der Waals surface area contributed by atoms with Gasteiger partial charge in [-0.3, -0.25) is 14.9 Å². The van der Waals surface area contributed by atoms with E-state index in [0.717, 1.165) is 16.9 Å². The molecule has 0 unspecified atom stereocenters. The highest BCUT2D eigenvalue weighted by atomic mass is 16.6. The largest absolute Gasteiger partial charge is 0.340 e. The van der Waals surface area contributed by atoms with Crippen LogP contribution in [0.4, 0.5) is 22.9 Å². The third kappa shape index (κ3) is 5.01. The van der Waals surface area contributed by atoms with Gasteiger partial charge in [-0.1, -0.05) is 42.5 Å².